The van der Waals surface area contributed by atoms with Crippen LogP contribution in [0.3, 0.4) is 0 Å². The first kappa shape index (κ1) is 27.9. The van der Waals surface area contributed by atoms with Crippen molar-refractivity contribution in [3.8, 4) is 5.75 Å². The van der Waals surface area contributed by atoms with E-state index in [1.54, 1.807) is 0 Å². The molecule has 4 unspecified atom stereocenters. The first-order valence-electron chi connectivity index (χ1n) is 14.3. The molecule has 0 saturated heterocycles. The van der Waals surface area contributed by atoms with Gasteiger partial charge in [0.25, 0.3) is 0 Å². The number of fused-ring (bicyclic) bond motifs is 1. The topological polar surface area (TPSA) is 37.3 Å². The lowest BCUT2D eigenvalue weighted by Crippen LogP contribution is -2.19. The number of unbranched alkanes of at least 4 members (excludes halogenated alkanes) is 7. The van der Waals surface area contributed by atoms with E-state index in [1.807, 2.05) is 18.8 Å². The van der Waals surface area contributed by atoms with E-state index in [2.05, 4.69) is 44.2 Å². The molecule has 0 bridgehead atoms. The van der Waals surface area contributed by atoms with Gasteiger partial charge in [0.15, 0.2) is 5.66 Å². The summed E-state index contributed by atoms with van der Waals surface area (Å²) < 4.78 is 12.0. The van der Waals surface area contributed by atoms with Crippen LogP contribution < -0.4 is 0 Å². The molecule has 0 radical (unpaired) electrons. The summed E-state index contributed by atoms with van der Waals surface area (Å²) in [6.45, 7) is 6.31. The number of phenols is 1. The molecule has 0 aromatic heterocycles. The van der Waals surface area contributed by atoms with Gasteiger partial charge in [-0.2, -0.15) is 0 Å². The van der Waals surface area contributed by atoms with Crippen molar-refractivity contribution >= 4 is 7.80 Å². The molecule has 0 amide bonds. The molecular weight excluding hydrogens is 447 g/mol. The van der Waals surface area contributed by atoms with Gasteiger partial charge in [-0.3, -0.25) is 0 Å². The summed E-state index contributed by atoms with van der Waals surface area (Å²) in [5.74, 6) is 1.54. The summed E-state index contributed by atoms with van der Waals surface area (Å²) in [7, 11) is -1.02. The van der Waals surface area contributed by atoms with Gasteiger partial charge in [0.05, 0.1) is 0 Å². The fourth-order valence-corrected chi connectivity index (χ4v) is 7.14. The van der Waals surface area contributed by atoms with Crippen LogP contribution >= 0.6 is 7.80 Å². The zero-order valence-corrected chi connectivity index (χ0v) is 23.4. The Morgan fingerprint density at radius 1 is 0.914 bits per heavy atom. The van der Waals surface area contributed by atoms with Crippen LogP contribution in [0.15, 0.2) is 42.5 Å². The molecule has 3 rings (SSSR count). The molecule has 4 atom stereocenters. The lowest BCUT2D eigenvalue weighted by Gasteiger charge is -2.34. The van der Waals surface area contributed by atoms with Crippen LogP contribution in [-0.4, -0.2) is 17.4 Å². The number of hydrogen-bond donors (Lipinski definition) is 1. The predicted octanol–water partition coefficient (Wildman–Crippen LogP) is 10.0. The Kier molecular flexibility index (Phi) is 11.8. The van der Waals surface area contributed by atoms with E-state index in [0.717, 1.165) is 19.3 Å². The lowest BCUT2D eigenvalue weighted by atomic mass is 9.70. The minimum absolute atomic E-state index is 0.402. The third-order valence-electron chi connectivity index (χ3n) is 8.20. The molecule has 2 nitrogen and oxygen atoms in total. The second kappa shape index (κ2) is 14.8. The fourth-order valence-electron chi connectivity index (χ4n) is 6.04. The van der Waals surface area contributed by atoms with Crippen molar-refractivity contribution < 1.29 is 9.67 Å². The highest BCUT2D eigenvalue weighted by Crippen LogP contribution is 2.46. The first-order chi connectivity index (χ1) is 17.0. The van der Waals surface area contributed by atoms with Gasteiger partial charge >= 0.3 is 7.80 Å². The summed E-state index contributed by atoms with van der Waals surface area (Å²) in [5.41, 5.74) is 6.07. The average molecular weight is 496 g/mol. The van der Waals surface area contributed by atoms with E-state index in [-0.39, 0.29) is 0 Å². The minimum atomic E-state index is -1.02. The third kappa shape index (κ3) is 8.75. The van der Waals surface area contributed by atoms with Gasteiger partial charge in [0, 0.05) is 0 Å². The standard InChI is InChI=1S/C32H47O2P/c1-4-5-13-29(35(3)34)14-11-9-7-6-8-10-12-15-32-30(26-18-16-25(2)17-19-26)22-20-27-24-28(33)21-23-31(27)32/h16-19,21,23-24,29-30,32H,4-15,20,22H2,1-3H3/p+1. The highest BCUT2D eigenvalue weighted by Gasteiger charge is 2.30. The Morgan fingerprint density at radius 3 is 2.26 bits per heavy atom. The van der Waals surface area contributed by atoms with Crippen LogP contribution in [0, 0.1) is 6.92 Å². The van der Waals surface area contributed by atoms with Gasteiger partial charge in [-0.15, -0.1) is 0 Å². The average Bonchev–Trinajstić information content (AvgIpc) is 2.85. The number of aromatic hydroxyl groups is 1. The molecule has 35 heavy (non-hydrogen) atoms. The minimum Gasteiger partial charge on any atom is -0.508 e. The maximum atomic E-state index is 12.0. The highest BCUT2D eigenvalue weighted by atomic mass is 31.1. The van der Waals surface area contributed by atoms with Gasteiger partial charge in [0.2, 0.25) is 0 Å². The second-order valence-electron chi connectivity index (χ2n) is 10.9. The third-order valence-corrected chi connectivity index (χ3v) is 9.74. The monoisotopic (exact) mass is 495 g/mol. The number of hydrogen-bond acceptors (Lipinski definition) is 2. The Hall–Kier alpha value is -1.66. The maximum absolute atomic E-state index is 12.0. The molecule has 0 fully saturated rings. The van der Waals surface area contributed by atoms with Crippen molar-refractivity contribution in [2.45, 2.75) is 121 Å². The van der Waals surface area contributed by atoms with Gasteiger partial charge < -0.3 is 5.11 Å². The molecular formula is C32H48O2P+. The molecule has 2 aromatic rings. The van der Waals surface area contributed by atoms with Crippen molar-refractivity contribution in [1.29, 1.82) is 0 Å². The summed E-state index contributed by atoms with van der Waals surface area (Å²) in [6.07, 6.45) is 17.3. The molecule has 0 heterocycles. The fraction of sp³-hybridized carbons (Fsp3) is 0.625. The summed E-state index contributed by atoms with van der Waals surface area (Å²) in [6, 6.07) is 15.2. The molecule has 3 heteroatoms. The number of rotatable bonds is 15. The van der Waals surface area contributed by atoms with Crippen LogP contribution in [-0.2, 0) is 11.0 Å². The Labute approximate surface area is 215 Å². The Balaban J connectivity index is 1.43. The maximum Gasteiger partial charge on any atom is 0.338 e. The van der Waals surface area contributed by atoms with Crippen molar-refractivity contribution in [1.82, 2.24) is 0 Å². The molecule has 0 saturated carbocycles. The largest absolute Gasteiger partial charge is 0.508 e. The molecule has 1 aliphatic carbocycles. The van der Waals surface area contributed by atoms with Gasteiger partial charge in [-0.25, -0.2) is 0 Å². The summed E-state index contributed by atoms with van der Waals surface area (Å²) >= 11 is 0. The Bertz CT molecular complexity index is 904. The van der Waals surface area contributed by atoms with Crippen molar-refractivity contribution in [3.63, 3.8) is 0 Å². The number of aryl methyl sites for hydroxylation is 2. The van der Waals surface area contributed by atoms with Crippen molar-refractivity contribution in [2.24, 2.45) is 0 Å². The van der Waals surface area contributed by atoms with Gasteiger partial charge in [-0.1, -0.05) is 92.3 Å². The van der Waals surface area contributed by atoms with E-state index in [9.17, 15) is 9.67 Å². The summed E-state index contributed by atoms with van der Waals surface area (Å²) in [4.78, 5) is 0. The predicted molar refractivity (Wildman–Crippen MR) is 151 cm³/mol. The van der Waals surface area contributed by atoms with Gasteiger partial charge in [0.1, 0.15) is 12.4 Å². The first-order valence-corrected chi connectivity index (χ1v) is 16.1. The highest BCUT2D eigenvalue weighted by molar-refractivity contribution is 7.44. The van der Waals surface area contributed by atoms with E-state index >= 15 is 0 Å². The number of phenolic OH excluding ortho intramolecular Hbond substituents is 1. The Morgan fingerprint density at radius 2 is 1.57 bits per heavy atom. The van der Waals surface area contributed by atoms with Crippen LogP contribution in [0.25, 0.3) is 0 Å². The second-order valence-corrected chi connectivity index (χ2v) is 12.8. The van der Waals surface area contributed by atoms with Gasteiger partial charge in [-0.05, 0) is 92.5 Å². The number of benzene rings is 2. The molecule has 0 spiro atoms. The van der Waals surface area contributed by atoms with E-state index in [4.69, 9.17) is 0 Å². The zero-order valence-electron chi connectivity index (χ0n) is 22.5. The van der Waals surface area contributed by atoms with Crippen molar-refractivity contribution in [3.05, 3.63) is 64.7 Å². The smallest absolute Gasteiger partial charge is 0.338 e. The molecule has 1 aliphatic rings. The molecule has 1 N–H and O–H groups in total. The SMILES string of the molecule is CCCCC(CCCCCCCCCC1c2ccc(O)cc2CCC1c1ccc(C)cc1)[P+](C)=O. The van der Waals surface area contributed by atoms with Crippen LogP contribution in [0.1, 0.15) is 124 Å². The summed E-state index contributed by atoms with van der Waals surface area (Å²) in [5, 5.41) is 10.0. The lowest BCUT2D eigenvalue weighted by molar-refractivity contribution is 0.424. The molecule has 0 aliphatic heterocycles. The normalized spacial score (nSPS) is 18.8. The van der Waals surface area contributed by atoms with E-state index in [1.165, 1.54) is 92.9 Å². The molecule has 192 valence electrons. The van der Waals surface area contributed by atoms with Crippen LogP contribution in [0.2, 0.25) is 0 Å². The van der Waals surface area contributed by atoms with Crippen LogP contribution in [0.5, 0.6) is 5.75 Å². The zero-order chi connectivity index (χ0) is 25.0. The van der Waals surface area contributed by atoms with E-state index < -0.39 is 7.80 Å². The quantitative estimate of drug-likeness (QED) is 0.197. The molecule has 2 aromatic carbocycles. The van der Waals surface area contributed by atoms with E-state index in [0.29, 0.717) is 23.2 Å². The van der Waals surface area contributed by atoms with Crippen molar-refractivity contribution in [2.75, 3.05) is 6.66 Å². The van der Waals surface area contributed by atoms with Crippen LogP contribution in [0.4, 0.5) is 0 Å².